The van der Waals surface area contributed by atoms with Gasteiger partial charge in [0.1, 0.15) is 11.5 Å². The first-order chi connectivity index (χ1) is 14.3. The Morgan fingerprint density at radius 1 is 0.690 bits per heavy atom. The van der Waals surface area contributed by atoms with E-state index in [1.807, 2.05) is 48.5 Å². The summed E-state index contributed by atoms with van der Waals surface area (Å²) in [5, 5.41) is 0. The van der Waals surface area contributed by atoms with E-state index in [1.54, 1.807) is 14.2 Å². The van der Waals surface area contributed by atoms with Crippen LogP contribution in [-0.4, -0.2) is 20.8 Å². The van der Waals surface area contributed by atoms with Crippen LogP contribution in [0.1, 0.15) is 22.5 Å². The van der Waals surface area contributed by atoms with Crippen molar-refractivity contribution in [1.82, 2.24) is 0 Å². The third-order valence-electron chi connectivity index (χ3n) is 4.66. The van der Waals surface area contributed by atoms with Crippen LogP contribution in [0.5, 0.6) is 11.5 Å². The molecule has 1 heterocycles. The average molecular weight is 388 g/mol. The van der Waals surface area contributed by atoms with Gasteiger partial charge in [-0.05, 0) is 30.4 Å². The minimum Gasteiger partial charge on any atom is -0.496 e. The Morgan fingerprint density at radius 3 is 1.62 bits per heavy atom. The Kier molecular flexibility index (Phi) is 7.20. The third kappa shape index (κ3) is 5.12. The molecule has 2 N–H and O–H groups in total. The molecule has 0 amide bonds. The number of nitrogens with two attached hydrogens (primary N) is 1. The van der Waals surface area contributed by atoms with Crippen LogP contribution in [0.25, 0.3) is 24.3 Å². The van der Waals surface area contributed by atoms with Gasteiger partial charge in [-0.1, -0.05) is 36.4 Å². The van der Waals surface area contributed by atoms with Crippen molar-refractivity contribution in [3.8, 4) is 11.5 Å². The highest BCUT2D eigenvalue weighted by Crippen LogP contribution is 2.21. The molecule has 0 bridgehead atoms. The fourth-order valence-corrected chi connectivity index (χ4v) is 3.21. The molecule has 0 aliphatic rings. The summed E-state index contributed by atoms with van der Waals surface area (Å²) >= 11 is 0. The largest absolute Gasteiger partial charge is 0.496 e. The van der Waals surface area contributed by atoms with Crippen LogP contribution in [0.4, 0.5) is 0 Å². The van der Waals surface area contributed by atoms with Crippen molar-refractivity contribution in [2.45, 2.75) is 6.54 Å². The van der Waals surface area contributed by atoms with Gasteiger partial charge in [0.25, 0.3) is 0 Å². The summed E-state index contributed by atoms with van der Waals surface area (Å²) in [6.45, 7) is 1.28. The fraction of sp³-hybridized carbons (Fsp3) is 0.160. The van der Waals surface area contributed by atoms with Crippen LogP contribution in [0.3, 0.4) is 0 Å². The molecule has 1 aromatic heterocycles. The Labute approximate surface area is 172 Å². The van der Waals surface area contributed by atoms with Gasteiger partial charge in [0.15, 0.2) is 6.54 Å². The Morgan fingerprint density at radius 2 is 1.17 bits per heavy atom. The second kappa shape index (κ2) is 10.2. The van der Waals surface area contributed by atoms with Gasteiger partial charge in [0, 0.05) is 35.4 Å². The first-order valence-electron chi connectivity index (χ1n) is 9.62. The van der Waals surface area contributed by atoms with Crippen LogP contribution in [0, 0.1) is 0 Å². The standard InChI is InChI=1S/C25H27N2O2/c1-28-24-12-5-3-8-20(24)14-16-22-10-7-11-23(27(22)19-18-26)17-15-21-9-4-6-13-25(21)29-2/h3-17H,18-19,26H2,1-2H3/q+1/b16-14+,17-15+. The summed E-state index contributed by atoms with van der Waals surface area (Å²) < 4.78 is 13.1. The lowest BCUT2D eigenvalue weighted by molar-refractivity contribution is -0.697. The molecule has 0 aliphatic carbocycles. The molecule has 4 heteroatoms. The van der Waals surface area contributed by atoms with Crippen LogP contribution < -0.4 is 19.8 Å². The molecule has 3 rings (SSSR count). The summed E-state index contributed by atoms with van der Waals surface area (Å²) in [5.74, 6) is 1.70. The molecule has 0 saturated heterocycles. The number of nitrogens with zero attached hydrogens (tertiary/aromatic N) is 1. The van der Waals surface area contributed by atoms with E-state index in [4.69, 9.17) is 15.2 Å². The summed E-state index contributed by atoms with van der Waals surface area (Å²) in [7, 11) is 3.37. The highest BCUT2D eigenvalue weighted by atomic mass is 16.5. The summed E-state index contributed by atoms with van der Waals surface area (Å²) in [6.07, 6.45) is 8.31. The second-order valence-electron chi connectivity index (χ2n) is 6.47. The SMILES string of the molecule is COc1ccccc1/C=C/c1cccc(/C=C/c2ccccc2OC)[n+]1CCN. The zero-order valence-electron chi connectivity index (χ0n) is 16.9. The maximum Gasteiger partial charge on any atom is 0.205 e. The van der Waals surface area contributed by atoms with Crippen molar-refractivity contribution >= 4 is 24.3 Å². The zero-order chi connectivity index (χ0) is 20.5. The number of hydrogen-bond donors (Lipinski definition) is 1. The number of rotatable bonds is 8. The van der Waals surface area contributed by atoms with E-state index in [9.17, 15) is 0 Å². The van der Waals surface area contributed by atoms with Crippen molar-refractivity contribution in [1.29, 1.82) is 0 Å². The van der Waals surface area contributed by atoms with E-state index in [0.29, 0.717) is 6.54 Å². The molecular weight excluding hydrogens is 360 g/mol. The van der Waals surface area contributed by atoms with E-state index in [2.05, 4.69) is 47.1 Å². The maximum atomic E-state index is 5.90. The van der Waals surface area contributed by atoms with Crippen LogP contribution in [-0.2, 0) is 6.54 Å². The predicted octanol–water partition coefficient (Wildman–Crippen LogP) is 4.29. The summed E-state index contributed by atoms with van der Waals surface area (Å²) in [4.78, 5) is 0. The molecule has 148 valence electrons. The highest BCUT2D eigenvalue weighted by Gasteiger charge is 2.12. The van der Waals surface area contributed by atoms with E-state index in [1.165, 1.54) is 0 Å². The van der Waals surface area contributed by atoms with Gasteiger partial charge in [0.05, 0.1) is 20.8 Å². The number of hydrogen-bond acceptors (Lipinski definition) is 3. The Bertz CT molecular complexity index is 933. The van der Waals surface area contributed by atoms with Crippen molar-refractivity contribution in [3.05, 3.63) is 89.2 Å². The average Bonchev–Trinajstić information content (AvgIpc) is 2.77. The minimum absolute atomic E-state index is 0.555. The molecule has 0 saturated carbocycles. The van der Waals surface area contributed by atoms with E-state index < -0.39 is 0 Å². The predicted molar refractivity (Wildman–Crippen MR) is 120 cm³/mol. The van der Waals surface area contributed by atoms with Gasteiger partial charge < -0.3 is 15.2 Å². The summed E-state index contributed by atoms with van der Waals surface area (Å²) in [6, 6.07) is 22.1. The molecule has 0 aliphatic heterocycles. The maximum absolute atomic E-state index is 5.90. The van der Waals surface area contributed by atoms with Crippen LogP contribution in [0.2, 0.25) is 0 Å². The van der Waals surface area contributed by atoms with Gasteiger partial charge in [-0.25, -0.2) is 0 Å². The van der Waals surface area contributed by atoms with Gasteiger partial charge >= 0.3 is 0 Å². The molecule has 0 fully saturated rings. The van der Waals surface area contributed by atoms with Crippen molar-refractivity contribution in [3.63, 3.8) is 0 Å². The van der Waals surface area contributed by atoms with Crippen molar-refractivity contribution in [2.75, 3.05) is 20.8 Å². The van der Waals surface area contributed by atoms with Crippen molar-refractivity contribution in [2.24, 2.45) is 5.73 Å². The third-order valence-corrected chi connectivity index (χ3v) is 4.66. The lowest BCUT2D eigenvalue weighted by Gasteiger charge is -2.06. The Hall–Kier alpha value is -3.37. The molecule has 2 aromatic carbocycles. The van der Waals surface area contributed by atoms with Crippen LogP contribution >= 0.6 is 0 Å². The highest BCUT2D eigenvalue weighted by molar-refractivity contribution is 5.72. The number of methoxy groups -OCH3 is 2. The molecule has 0 radical (unpaired) electrons. The minimum atomic E-state index is 0.555. The first kappa shape index (κ1) is 20.4. The molecule has 29 heavy (non-hydrogen) atoms. The molecule has 0 spiro atoms. The van der Waals surface area contributed by atoms with E-state index in [-0.39, 0.29) is 0 Å². The van der Waals surface area contributed by atoms with Gasteiger partial charge in [-0.15, -0.1) is 0 Å². The lowest BCUT2D eigenvalue weighted by Crippen LogP contribution is -2.43. The first-order valence-corrected chi connectivity index (χ1v) is 9.62. The number of aromatic nitrogens is 1. The number of benzene rings is 2. The second-order valence-corrected chi connectivity index (χ2v) is 6.47. The lowest BCUT2D eigenvalue weighted by atomic mass is 10.1. The number of ether oxygens (including phenoxy) is 2. The normalized spacial score (nSPS) is 11.3. The van der Waals surface area contributed by atoms with E-state index >= 15 is 0 Å². The number of pyridine rings is 1. The molecule has 0 unspecified atom stereocenters. The van der Waals surface area contributed by atoms with Gasteiger partial charge in [0.2, 0.25) is 11.4 Å². The Balaban J connectivity index is 1.95. The monoisotopic (exact) mass is 387 g/mol. The quantitative estimate of drug-likeness (QED) is 0.587. The molecule has 3 aromatic rings. The zero-order valence-corrected chi connectivity index (χ0v) is 16.9. The molecular formula is C25H27N2O2+. The number of para-hydroxylation sites is 2. The van der Waals surface area contributed by atoms with E-state index in [0.717, 1.165) is 40.6 Å². The molecule has 4 nitrogen and oxygen atoms in total. The fourth-order valence-electron chi connectivity index (χ4n) is 3.21. The van der Waals surface area contributed by atoms with Crippen LogP contribution in [0.15, 0.2) is 66.7 Å². The smallest absolute Gasteiger partial charge is 0.205 e. The topological polar surface area (TPSA) is 48.4 Å². The van der Waals surface area contributed by atoms with Gasteiger partial charge in [-0.2, -0.15) is 4.57 Å². The van der Waals surface area contributed by atoms with Crippen molar-refractivity contribution < 1.29 is 14.0 Å². The summed E-state index contributed by atoms with van der Waals surface area (Å²) in [5.41, 5.74) is 10.1. The van der Waals surface area contributed by atoms with Gasteiger partial charge in [-0.3, -0.25) is 0 Å². The molecule has 0 atom stereocenters.